The molecular formula is C34H34Cl2F3N3O5Si. The molecule has 1 aliphatic carbocycles. The number of nitrogens with zero attached hydrogens (tertiary/aromatic N) is 3. The lowest BCUT2D eigenvalue weighted by Gasteiger charge is -2.24. The topological polar surface area (TPSA) is 100 Å². The number of aromatic nitrogens is 3. The van der Waals surface area contributed by atoms with Crippen LogP contribution in [0.15, 0.2) is 65.5 Å². The van der Waals surface area contributed by atoms with Crippen molar-refractivity contribution in [3.05, 3.63) is 97.8 Å². The quantitative estimate of drug-likeness (QED) is 0.0877. The Labute approximate surface area is 286 Å². The number of benzene rings is 3. The number of alkyl halides is 3. The van der Waals surface area contributed by atoms with Crippen LogP contribution in [-0.4, -0.2) is 41.4 Å². The molecule has 5 rings (SSSR count). The van der Waals surface area contributed by atoms with E-state index in [1.54, 1.807) is 42.5 Å². The van der Waals surface area contributed by atoms with Crippen molar-refractivity contribution in [2.45, 2.75) is 57.9 Å². The molecule has 1 fully saturated rings. The lowest BCUT2D eigenvalue weighted by molar-refractivity contribution is -0.150. The SMILES string of the molecule is C[Si](C)(C)CCOC(=O)[C@H]1[C@H](Cn2nnc3ccc(C(F)(F)F)cc3c2=O)CC[C@@H]1C(=O)c1ccc(OCc2ccc(Cl)c(Cl)c2)cc1. The summed E-state index contributed by atoms with van der Waals surface area (Å²) in [5, 5.41) is 8.51. The van der Waals surface area contributed by atoms with Gasteiger partial charge in [0.15, 0.2) is 5.78 Å². The molecule has 0 aliphatic heterocycles. The van der Waals surface area contributed by atoms with Crippen molar-refractivity contribution in [3.63, 3.8) is 0 Å². The Hall–Kier alpha value is -3.74. The van der Waals surface area contributed by atoms with E-state index in [1.165, 1.54) is 0 Å². The van der Waals surface area contributed by atoms with Gasteiger partial charge < -0.3 is 9.47 Å². The fourth-order valence-electron chi connectivity index (χ4n) is 5.81. The molecule has 1 aromatic heterocycles. The molecule has 1 aliphatic rings. The predicted octanol–water partition coefficient (Wildman–Crippen LogP) is 8.10. The molecule has 254 valence electrons. The van der Waals surface area contributed by atoms with Gasteiger partial charge in [-0.3, -0.25) is 14.4 Å². The van der Waals surface area contributed by atoms with Crippen LogP contribution in [0.4, 0.5) is 13.2 Å². The van der Waals surface area contributed by atoms with Crippen molar-refractivity contribution in [1.29, 1.82) is 0 Å². The van der Waals surface area contributed by atoms with Crippen LogP contribution < -0.4 is 10.3 Å². The number of Topliss-reactive ketones (excluding diaryl/α,β-unsaturated/α-hetero) is 1. The van der Waals surface area contributed by atoms with E-state index in [-0.39, 0.29) is 36.4 Å². The number of hydrogen-bond acceptors (Lipinski definition) is 7. The first-order chi connectivity index (χ1) is 22.6. The molecule has 0 radical (unpaired) electrons. The molecule has 8 nitrogen and oxygen atoms in total. The molecule has 3 atom stereocenters. The van der Waals surface area contributed by atoms with E-state index in [9.17, 15) is 27.6 Å². The number of halogens is 5. The molecular weight excluding hydrogens is 686 g/mol. The number of carbonyl (C=O) groups is 2. The number of rotatable bonds is 11. The van der Waals surface area contributed by atoms with Gasteiger partial charge in [0.05, 0.1) is 40.1 Å². The maximum atomic E-state index is 13.9. The lowest BCUT2D eigenvalue weighted by atomic mass is 9.84. The average Bonchev–Trinajstić information content (AvgIpc) is 3.45. The Balaban J connectivity index is 1.36. The summed E-state index contributed by atoms with van der Waals surface area (Å²) < 4.78 is 52.6. The van der Waals surface area contributed by atoms with E-state index in [2.05, 4.69) is 30.0 Å². The van der Waals surface area contributed by atoms with Crippen LogP contribution in [0.2, 0.25) is 35.7 Å². The third-order valence-corrected chi connectivity index (χ3v) is 10.9. The van der Waals surface area contributed by atoms with Crippen molar-refractivity contribution in [2.24, 2.45) is 17.8 Å². The molecule has 0 amide bonds. The van der Waals surface area contributed by atoms with Crippen LogP contribution in [0, 0.1) is 17.8 Å². The van der Waals surface area contributed by atoms with Gasteiger partial charge in [-0.25, -0.2) is 4.68 Å². The molecule has 4 aromatic rings. The molecule has 1 saturated carbocycles. The van der Waals surface area contributed by atoms with Crippen LogP contribution in [0.3, 0.4) is 0 Å². The Morgan fingerprint density at radius 3 is 2.38 bits per heavy atom. The zero-order valence-corrected chi connectivity index (χ0v) is 29.0. The molecule has 1 heterocycles. The smallest absolute Gasteiger partial charge is 0.416 e. The Bertz CT molecular complexity index is 1880. The second-order valence-electron chi connectivity index (χ2n) is 13.2. The van der Waals surface area contributed by atoms with E-state index >= 15 is 0 Å². The van der Waals surface area contributed by atoms with Gasteiger partial charge in [-0.15, -0.1) is 5.10 Å². The lowest BCUT2D eigenvalue weighted by Crippen LogP contribution is -2.36. The summed E-state index contributed by atoms with van der Waals surface area (Å²) in [6.45, 7) is 6.78. The molecule has 14 heteroatoms. The molecule has 0 saturated heterocycles. The molecule has 0 unspecified atom stereocenters. The number of ether oxygens (including phenoxy) is 2. The van der Waals surface area contributed by atoms with Crippen LogP contribution in [-0.2, 0) is 28.9 Å². The minimum Gasteiger partial charge on any atom is -0.489 e. The van der Waals surface area contributed by atoms with Crippen molar-refractivity contribution in [3.8, 4) is 5.75 Å². The van der Waals surface area contributed by atoms with Gasteiger partial charge in [0.25, 0.3) is 5.56 Å². The van der Waals surface area contributed by atoms with Crippen molar-refractivity contribution in [2.75, 3.05) is 6.61 Å². The summed E-state index contributed by atoms with van der Waals surface area (Å²) >= 11 is 12.1. The van der Waals surface area contributed by atoms with Gasteiger partial charge in [0, 0.05) is 19.6 Å². The van der Waals surface area contributed by atoms with Gasteiger partial charge in [-0.2, -0.15) is 13.2 Å². The number of carbonyl (C=O) groups excluding carboxylic acids is 2. The highest BCUT2D eigenvalue weighted by Gasteiger charge is 2.46. The van der Waals surface area contributed by atoms with E-state index in [4.69, 9.17) is 32.7 Å². The van der Waals surface area contributed by atoms with Gasteiger partial charge in [-0.1, -0.05) is 54.1 Å². The fourth-order valence-corrected chi connectivity index (χ4v) is 6.85. The second kappa shape index (κ2) is 14.4. The number of esters is 1. The third-order valence-electron chi connectivity index (χ3n) is 8.48. The van der Waals surface area contributed by atoms with Crippen LogP contribution in [0.25, 0.3) is 10.9 Å². The van der Waals surface area contributed by atoms with Crippen molar-refractivity contribution in [1.82, 2.24) is 15.0 Å². The molecule has 48 heavy (non-hydrogen) atoms. The van der Waals surface area contributed by atoms with E-state index in [0.717, 1.165) is 34.5 Å². The molecule has 0 bridgehead atoms. The highest BCUT2D eigenvalue weighted by molar-refractivity contribution is 6.76. The standard InChI is InChI=1S/C34H34Cl2F3N3O5Si/c1-48(2,3)15-14-46-33(45)30-22(18-42-32(44)26-17-23(34(37,38)39)8-13-29(26)40-41-42)7-11-25(30)31(43)21-5-9-24(10-6-21)47-19-20-4-12-27(35)28(36)16-20/h4-6,8-10,12-13,16-17,22,25,30H,7,11,14-15,18-19H2,1-3H3/t22-,25-,30-/m0/s1. The number of hydrogen-bond donors (Lipinski definition) is 0. The normalized spacial score (nSPS) is 18.2. The first-order valence-corrected chi connectivity index (χ1v) is 19.9. The summed E-state index contributed by atoms with van der Waals surface area (Å²) in [6, 6.07) is 15.2. The van der Waals surface area contributed by atoms with E-state index in [1.807, 2.05) is 0 Å². The van der Waals surface area contributed by atoms with Gasteiger partial charge in [0.1, 0.15) is 17.9 Å². The zero-order chi connectivity index (χ0) is 34.8. The average molecular weight is 721 g/mol. The summed E-state index contributed by atoms with van der Waals surface area (Å²) in [6.07, 6.45) is -3.90. The van der Waals surface area contributed by atoms with Crippen molar-refractivity contribution < 1.29 is 32.2 Å². The number of fused-ring (bicyclic) bond motifs is 1. The maximum absolute atomic E-state index is 13.9. The minimum absolute atomic E-state index is 0.0235. The number of ketones is 1. The largest absolute Gasteiger partial charge is 0.489 e. The Morgan fingerprint density at radius 1 is 0.979 bits per heavy atom. The predicted molar refractivity (Wildman–Crippen MR) is 179 cm³/mol. The fraction of sp³-hybridized carbons (Fsp3) is 0.382. The Kier molecular flexibility index (Phi) is 10.7. The molecule has 0 N–H and O–H groups in total. The van der Waals surface area contributed by atoms with Crippen LogP contribution in [0.5, 0.6) is 5.75 Å². The van der Waals surface area contributed by atoms with Gasteiger partial charge in [-0.05, 0) is 85.0 Å². The van der Waals surface area contributed by atoms with Gasteiger partial charge >= 0.3 is 12.1 Å². The summed E-state index contributed by atoms with van der Waals surface area (Å²) in [7, 11) is -1.54. The maximum Gasteiger partial charge on any atom is 0.416 e. The van der Waals surface area contributed by atoms with Crippen LogP contribution >= 0.6 is 23.2 Å². The van der Waals surface area contributed by atoms with Gasteiger partial charge in [0.2, 0.25) is 0 Å². The first kappa shape index (κ1) is 35.6. The monoisotopic (exact) mass is 719 g/mol. The van der Waals surface area contributed by atoms with E-state index in [0.29, 0.717) is 34.2 Å². The summed E-state index contributed by atoms with van der Waals surface area (Å²) in [5.41, 5.74) is -0.524. The third kappa shape index (κ3) is 8.45. The highest BCUT2D eigenvalue weighted by atomic mass is 35.5. The minimum atomic E-state index is -4.64. The Morgan fingerprint density at radius 2 is 1.71 bits per heavy atom. The second-order valence-corrected chi connectivity index (χ2v) is 19.6. The molecule has 0 spiro atoms. The van der Waals surface area contributed by atoms with Crippen LogP contribution in [0.1, 0.15) is 34.3 Å². The molecule has 3 aromatic carbocycles. The summed E-state index contributed by atoms with van der Waals surface area (Å²) in [5.74, 6) is -2.45. The highest BCUT2D eigenvalue weighted by Crippen LogP contribution is 2.41. The van der Waals surface area contributed by atoms with Crippen molar-refractivity contribution >= 4 is 53.9 Å². The van der Waals surface area contributed by atoms with E-state index < -0.39 is 49.1 Å². The zero-order valence-electron chi connectivity index (χ0n) is 26.5. The summed E-state index contributed by atoms with van der Waals surface area (Å²) in [4.78, 5) is 40.7. The first-order valence-electron chi connectivity index (χ1n) is 15.4.